The minimum absolute atomic E-state index is 0.0579. The van der Waals surface area contributed by atoms with Gasteiger partial charge in [-0.2, -0.15) is 0 Å². The van der Waals surface area contributed by atoms with Crippen LogP contribution in [0.1, 0.15) is 6.42 Å². The predicted octanol–water partition coefficient (Wildman–Crippen LogP) is 1.03. The van der Waals surface area contributed by atoms with Crippen molar-refractivity contribution in [3.63, 3.8) is 0 Å². The molecule has 1 aromatic heterocycles. The zero-order chi connectivity index (χ0) is 11.8. The number of nitrogens with two attached hydrogens (primary N) is 1. The average molecular weight is 306 g/mol. The maximum atomic E-state index is 11.3. The first kappa shape index (κ1) is 11.7. The van der Waals surface area contributed by atoms with Gasteiger partial charge in [-0.1, -0.05) is 0 Å². The van der Waals surface area contributed by atoms with Gasteiger partial charge in [0.05, 0.1) is 27.9 Å². The molecule has 1 aromatic rings. The monoisotopic (exact) mass is 305 g/mol. The van der Waals surface area contributed by atoms with E-state index in [0.29, 0.717) is 17.9 Å². The molecule has 16 heavy (non-hydrogen) atoms. The number of rotatable bonds is 2. The van der Waals surface area contributed by atoms with E-state index in [1.54, 1.807) is 6.07 Å². The number of anilines is 2. The summed E-state index contributed by atoms with van der Waals surface area (Å²) in [7, 11) is -2.87. The molecule has 1 unspecified atom stereocenters. The lowest BCUT2D eigenvalue weighted by Gasteiger charge is -2.12. The number of nitrogen functional groups attached to an aromatic ring is 1. The Balaban J connectivity index is 2.11. The van der Waals surface area contributed by atoms with E-state index in [0.717, 1.165) is 4.47 Å². The molecule has 0 bridgehead atoms. The van der Waals surface area contributed by atoms with Crippen LogP contribution in [-0.4, -0.2) is 30.9 Å². The normalized spacial score (nSPS) is 23.2. The van der Waals surface area contributed by atoms with Gasteiger partial charge in [-0.3, -0.25) is 0 Å². The van der Waals surface area contributed by atoms with E-state index in [2.05, 4.69) is 26.2 Å². The summed E-state index contributed by atoms with van der Waals surface area (Å²) in [6.45, 7) is 0. The Kier molecular flexibility index (Phi) is 3.07. The molecule has 5 nitrogen and oxygen atoms in total. The van der Waals surface area contributed by atoms with E-state index in [1.165, 1.54) is 6.20 Å². The van der Waals surface area contributed by atoms with Gasteiger partial charge in [0, 0.05) is 6.04 Å². The molecule has 3 N–H and O–H groups in total. The van der Waals surface area contributed by atoms with Gasteiger partial charge in [0.15, 0.2) is 9.84 Å². The van der Waals surface area contributed by atoms with Crippen molar-refractivity contribution in [3.8, 4) is 0 Å². The molecule has 0 radical (unpaired) electrons. The minimum Gasteiger partial charge on any atom is -0.397 e. The Morgan fingerprint density at radius 1 is 1.56 bits per heavy atom. The molecule has 1 saturated heterocycles. The van der Waals surface area contributed by atoms with E-state index < -0.39 is 9.84 Å². The second-order valence-electron chi connectivity index (χ2n) is 3.84. The molecule has 0 amide bonds. The van der Waals surface area contributed by atoms with Gasteiger partial charge in [-0.15, -0.1) is 0 Å². The lowest BCUT2D eigenvalue weighted by atomic mass is 10.2. The Hall–Kier alpha value is -0.820. The molecular weight excluding hydrogens is 294 g/mol. The second kappa shape index (κ2) is 4.21. The van der Waals surface area contributed by atoms with Crippen LogP contribution in [0.15, 0.2) is 16.7 Å². The summed E-state index contributed by atoms with van der Waals surface area (Å²) < 4.78 is 23.3. The number of aromatic nitrogens is 1. The van der Waals surface area contributed by atoms with E-state index in [-0.39, 0.29) is 17.5 Å². The topological polar surface area (TPSA) is 85.1 Å². The first-order valence-electron chi connectivity index (χ1n) is 4.84. The van der Waals surface area contributed by atoms with Crippen LogP contribution < -0.4 is 11.1 Å². The Morgan fingerprint density at radius 3 is 2.88 bits per heavy atom. The summed E-state index contributed by atoms with van der Waals surface area (Å²) in [4.78, 5) is 4.11. The molecule has 1 atom stereocenters. The van der Waals surface area contributed by atoms with Crippen molar-refractivity contribution in [1.29, 1.82) is 0 Å². The first-order valence-corrected chi connectivity index (χ1v) is 7.46. The van der Waals surface area contributed by atoms with Crippen molar-refractivity contribution < 1.29 is 8.42 Å². The van der Waals surface area contributed by atoms with Crippen molar-refractivity contribution in [2.45, 2.75) is 12.5 Å². The van der Waals surface area contributed by atoms with Gasteiger partial charge in [0.25, 0.3) is 0 Å². The Labute approximate surface area is 102 Å². The third-order valence-corrected chi connectivity index (χ3v) is 4.81. The standard InChI is InChI=1S/C9H12BrN3O2S/c10-8-3-6(11)4-12-9(8)13-7-1-2-16(14,15)5-7/h3-4,7H,1-2,5,11H2,(H,12,13). The van der Waals surface area contributed by atoms with Crippen LogP contribution in [0.2, 0.25) is 0 Å². The van der Waals surface area contributed by atoms with Gasteiger partial charge < -0.3 is 11.1 Å². The van der Waals surface area contributed by atoms with E-state index in [1.807, 2.05) is 0 Å². The molecule has 1 aliphatic rings. The van der Waals surface area contributed by atoms with E-state index >= 15 is 0 Å². The lowest BCUT2D eigenvalue weighted by Crippen LogP contribution is -2.21. The molecule has 2 heterocycles. The van der Waals surface area contributed by atoms with Crippen LogP contribution in [0.3, 0.4) is 0 Å². The zero-order valence-electron chi connectivity index (χ0n) is 8.48. The quantitative estimate of drug-likeness (QED) is 0.852. The highest BCUT2D eigenvalue weighted by atomic mass is 79.9. The fraction of sp³-hybridized carbons (Fsp3) is 0.444. The van der Waals surface area contributed by atoms with Crippen LogP contribution in [0, 0.1) is 0 Å². The van der Waals surface area contributed by atoms with E-state index in [4.69, 9.17) is 5.73 Å². The van der Waals surface area contributed by atoms with Crippen molar-refractivity contribution in [1.82, 2.24) is 4.98 Å². The highest BCUT2D eigenvalue weighted by molar-refractivity contribution is 9.10. The SMILES string of the molecule is Nc1cnc(NC2CCS(=O)(=O)C2)c(Br)c1. The van der Waals surface area contributed by atoms with Crippen molar-refractivity contribution in [2.75, 3.05) is 22.6 Å². The van der Waals surface area contributed by atoms with Crippen molar-refractivity contribution in [2.24, 2.45) is 0 Å². The molecule has 1 aliphatic heterocycles. The summed E-state index contributed by atoms with van der Waals surface area (Å²) >= 11 is 3.33. The van der Waals surface area contributed by atoms with Gasteiger partial charge in [-0.05, 0) is 28.4 Å². The number of hydrogen-bond acceptors (Lipinski definition) is 5. The van der Waals surface area contributed by atoms with Crippen molar-refractivity contribution in [3.05, 3.63) is 16.7 Å². The number of hydrogen-bond donors (Lipinski definition) is 2. The number of halogens is 1. The molecular formula is C9H12BrN3O2S. The number of nitrogens with one attached hydrogen (secondary N) is 1. The Morgan fingerprint density at radius 2 is 2.31 bits per heavy atom. The summed E-state index contributed by atoms with van der Waals surface area (Å²) in [6.07, 6.45) is 2.16. The largest absolute Gasteiger partial charge is 0.397 e. The molecule has 7 heteroatoms. The molecule has 88 valence electrons. The summed E-state index contributed by atoms with van der Waals surface area (Å²) in [6, 6.07) is 1.68. The van der Waals surface area contributed by atoms with Crippen LogP contribution in [0.25, 0.3) is 0 Å². The molecule has 2 rings (SSSR count). The van der Waals surface area contributed by atoms with Gasteiger partial charge >= 0.3 is 0 Å². The van der Waals surface area contributed by atoms with Gasteiger partial charge in [0.2, 0.25) is 0 Å². The molecule has 0 spiro atoms. The summed E-state index contributed by atoms with van der Waals surface area (Å²) in [5.74, 6) is 1.05. The van der Waals surface area contributed by atoms with Crippen molar-refractivity contribution >= 4 is 37.3 Å². The van der Waals surface area contributed by atoms with Gasteiger partial charge in [-0.25, -0.2) is 13.4 Å². The molecule has 1 fully saturated rings. The maximum absolute atomic E-state index is 11.3. The highest BCUT2D eigenvalue weighted by Gasteiger charge is 2.28. The number of sulfone groups is 1. The third kappa shape index (κ3) is 2.65. The van der Waals surface area contributed by atoms with Crippen LogP contribution in [0.5, 0.6) is 0 Å². The fourth-order valence-corrected chi connectivity index (χ4v) is 3.82. The minimum atomic E-state index is -2.87. The third-order valence-electron chi connectivity index (χ3n) is 2.44. The van der Waals surface area contributed by atoms with Crippen LogP contribution in [0.4, 0.5) is 11.5 Å². The lowest BCUT2D eigenvalue weighted by molar-refractivity contribution is 0.602. The highest BCUT2D eigenvalue weighted by Crippen LogP contribution is 2.24. The predicted molar refractivity (Wildman–Crippen MR) is 67.0 cm³/mol. The number of nitrogens with zero attached hydrogens (tertiary/aromatic N) is 1. The molecule has 0 aromatic carbocycles. The molecule has 0 saturated carbocycles. The fourth-order valence-electron chi connectivity index (χ4n) is 1.66. The number of pyridine rings is 1. The zero-order valence-corrected chi connectivity index (χ0v) is 10.9. The summed E-state index contributed by atoms with van der Waals surface area (Å²) in [5, 5.41) is 3.10. The molecule has 0 aliphatic carbocycles. The first-order chi connectivity index (χ1) is 7.46. The average Bonchev–Trinajstić information content (AvgIpc) is 2.51. The van der Waals surface area contributed by atoms with Crippen LogP contribution in [-0.2, 0) is 9.84 Å². The maximum Gasteiger partial charge on any atom is 0.152 e. The summed E-state index contributed by atoms with van der Waals surface area (Å²) in [5.41, 5.74) is 6.13. The van der Waals surface area contributed by atoms with E-state index in [9.17, 15) is 8.42 Å². The Bertz CT molecular complexity index is 503. The second-order valence-corrected chi connectivity index (χ2v) is 6.93. The smallest absolute Gasteiger partial charge is 0.152 e. The van der Waals surface area contributed by atoms with Crippen LogP contribution >= 0.6 is 15.9 Å². The van der Waals surface area contributed by atoms with Gasteiger partial charge in [0.1, 0.15) is 5.82 Å².